The number of benzene rings is 3. The highest BCUT2D eigenvalue weighted by Crippen LogP contribution is 2.29. The van der Waals surface area contributed by atoms with Gasteiger partial charge in [0.25, 0.3) is 0 Å². The van der Waals surface area contributed by atoms with E-state index in [1.165, 1.54) is 0 Å². The lowest BCUT2D eigenvalue weighted by Crippen LogP contribution is -2.37. The van der Waals surface area contributed by atoms with Gasteiger partial charge in [-0.25, -0.2) is 9.59 Å². The molecule has 12 nitrogen and oxygen atoms in total. The molecule has 0 fully saturated rings. The van der Waals surface area contributed by atoms with Gasteiger partial charge >= 0.3 is 12.2 Å². The molecule has 0 radical (unpaired) electrons. The third-order valence-electron chi connectivity index (χ3n) is 5.14. The van der Waals surface area contributed by atoms with Crippen molar-refractivity contribution in [3.8, 4) is 23.0 Å². The van der Waals surface area contributed by atoms with Crippen molar-refractivity contribution in [2.24, 2.45) is 0 Å². The molecular weight excluding hydrogens is 568 g/mol. The average Bonchev–Trinajstić information content (AvgIpc) is 2.91. The molecule has 0 aromatic heterocycles. The lowest BCUT2D eigenvalue weighted by molar-refractivity contribution is -0.116. The van der Waals surface area contributed by atoms with E-state index >= 15 is 0 Å². The van der Waals surface area contributed by atoms with Crippen LogP contribution in [0.1, 0.15) is 41.5 Å². The lowest BCUT2D eigenvalue weighted by atomic mass is 10.2. The van der Waals surface area contributed by atoms with E-state index in [4.69, 9.17) is 18.9 Å². The van der Waals surface area contributed by atoms with Crippen molar-refractivity contribution in [1.29, 1.82) is 0 Å². The highest BCUT2D eigenvalue weighted by atomic mass is 16.6. The zero-order valence-electron chi connectivity index (χ0n) is 25.6. The van der Waals surface area contributed by atoms with Crippen LogP contribution in [-0.2, 0) is 19.1 Å². The minimum Gasteiger partial charge on any atom is -0.457 e. The number of hydrogen-bond acceptors (Lipinski definition) is 8. The average molecular weight is 607 g/mol. The van der Waals surface area contributed by atoms with Gasteiger partial charge in [0.15, 0.2) is 0 Å². The smallest absolute Gasteiger partial charge is 0.408 e. The maximum absolute atomic E-state index is 12.1. The van der Waals surface area contributed by atoms with Crippen LogP contribution < -0.4 is 30.7 Å². The van der Waals surface area contributed by atoms with Gasteiger partial charge < -0.3 is 40.2 Å². The van der Waals surface area contributed by atoms with E-state index in [0.717, 1.165) is 0 Å². The van der Waals surface area contributed by atoms with Gasteiger partial charge in [0.2, 0.25) is 11.8 Å². The Hall–Kier alpha value is -5.26. The van der Waals surface area contributed by atoms with Crippen LogP contribution in [0.4, 0.5) is 21.0 Å². The zero-order valence-corrected chi connectivity index (χ0v) is 25.6. The molecule has 0 heterocycles. The van der Waals surface area contributed by atoms with Gasteiger partial charge in [0, 0.05) is 17.4 Å². The first kappa shape index (κ1) is 33.2. The standard InChI is InChI=1S/C32H38N4O8/c1-31(2,3)43-29(39)33-19-27(37)35-21-10-14-23(15-11-21)41-25-8-7-9-26(18-25)42-24-16-12-22(13-17-24)36-28(38)20-34-30(40)44-32(4,5)6/h7-18H,19-20H2,1-6H3,(H,33,39)(H,34,40)(H,35,37)(H,36,38). The van der Waals surface area contributed by atoms with Gasteiger partial charge in [0.1, 0.15) is 47.3 Å². The molecule has 0 bridgehead atoms. The number of ether oxygens (including phenoxy) is 4. The molecule has 3 aromatic rings. The van der Waals surface area contributed by atoms with E-state index in [1.54, 1.807) is 114 Å². The lowest BCUT2D eigenvalue weighted by Gasteiger charge is -2.19. The number of alkyl carbamates (subject to hydrolysis) is 2. The molecule has 0 atom stereocenters. The van der Waals surface area contributed by atoms with E-state index < -0.39 is 35.2 Å². The van der Waals surface area contributed by atoms with Crippen LogP contribution in [0, 0.1) is 0 Å². The fourth-order valence-electron chi connectivity index (χ4n) is 3.43. The molecule has 0 saturated carbocycles. The first-order chi connectivity index (χ1) is 20.6. The van der Waals surface area contributed by atoms with Crippen LogP contribution in [0.3, 0.4) is 0 Å². The van der Waals surface area contributed by atoms with Gasteiger partial charge in [-0.3, -0.25) is 9.59 Å². The highest BCUT2D eigenvalue weighted by molar-refractivity contribution is 5.94. The molecule has 0 unspecified atom stereocenters. The van der Waals surface area contributed by atoms with E-state index in [1.807, 2.05) is 0 Å². The van der Waals surface area contributed by atoms with Gasteiger partial charge in [-0.05, 0) is 102 Å². The van der Waals surface area contributed by atoms with Gasteiger partial charge in [0.05, 0.1) is 0 Å². The van der Waals surface area contributed by atoms with E-state index in [2.05, 4.69) is 21.3 Å². The van der Waals surface area contributed by atoms with Crippen LogP contribution in [0.5, 0.6) is 23.0 Å². The topological polar surface area (TPSA) is 153 Å². The van der Waals surface area contributed by atoms with Crippen molar-refractivity contribution in [1.82, 2.24) is 10.6 Å². The number of carbonyl (C=O) groups excluding carboxylic acids is 4. The molecule has 4 amide bonds. The third kappa shape index (κ3) is 12.7. The maximum Gasteiger partial charge on any atom is 0.408 e. The van der Waals surface area contributed by atoms with E-state index in [0.29, 0.717) is 34.4 Å². The summed E-state index contributed by atoms with van der Waals surface area (Å²) in [7, 11) is 0. The second kappa shape index (κ2) is 14.8. The fourth-order valence-corrected chi connectivity index (χ4v) is 3.43. The molecule has 0 aliphatic heterocycles. The molecule has 234 valence electrons. The van der Waals surface area contributed by atoms with Crippen LogP contribution in [0.25, 0.3) is 0 Å². The Balaban J connectivity index is 1.46. The summed E-state index contributed by atoms with van der Waals surface area (Å²) in [5, 5.41) is 10.2. The molecule has 0 saturated heterocycles. The zero-order chi connectivity index (χ0) is 32.3. The van der Waals surface area contributed by atoms with Crippen LogP contribution >= 0.6 is 0 Å². The number of anilines is 2. The highest BCUT2D eigenvalue weighted by Gasteiger charge is 2.17. The summed E-state index contributed by atoms with van der Waals surface area (Å²) in [5.74, 6) is 1.32. The van der Waals surface area contributed by atoms with Crippen LogP contribution in [0.2, 0.25) is 0 Å². The fraction of sp³-hybridized carbons (Fsp3) is 0.312. The Labute approximate surface area is 256 Å². The predicted octanol–water partition coefficient (Wildman–Crippen LogP) is 6.20. The minimum absolute atomic E-state index is 0.231. The summed E-state index contributed by atoms with van der Waals surface area (Å²) < 4.78 is 22.1. The van der Waals surface area contributed by atoms with Crippen LogP contribution in [0.15, 0.2) is 72.8 Å². The Bertz CT molecular complexity index is 1340. The Morgan fingerprint density at radius 1 is 0.545 bits per heavy atom. The Kier molecular flexibility index (Phi) is 11.2. The quantitative estimate of drug-likeness (QED) is 0.213. The largest absolute Gasteiger partial charge is 0.457 e. The number of nitrogens with one attached hydrogen (secondary N) is 4. The van der Waals surface area contributed by atoms with Crippen molar-refractivity contribution < 1.29 is 38.1 Å². The summed E-state index contributed by atoms with van der Waals surface area (Å²) >= 11 is 0. The molecule has 0 aliphatic carbocycles. The SMILES string of the molecule is CC(C)(C)OC(=O)NCC(=O)Nc1ccc(Oc2cccc(Oc3ccc(NC(=O)CNC(=O)OC(C)(C)C)cc3)c2)cc1. The first-order valence-corrected chi connectivity index (χ1v) is 13.8. The number of rotatable bonds is 10. The Morgan fingerprint density at radius 3 is 1.25 bits per heavy atom. The summed E-state index contributed by atoms with van der Waals surface area (Å²) in [6.07, 6.45) is -1.34. The number of hydrogen-bond donors (Lipinski definition) is 4. The number of carbonyl (C=O) groups is 4. The van der Waals surface area contributed by atoms with E-state index in [-0.39, 0.29) is 13.1 Å². The molecule has 4 N–H and O–H groups in total. The van der Waals surface area contributed by atoms with Crippen molar-refractivity contribution in [3.05, 3.63) is 72.8 Å². The molecular formula is C32H38N4O8. The molecule has 3 rings (SSSR count). The molecule has 0 aliphatic rings. The molecule has 3 aromatic carbocycles. The van der Waals surface area contributed by atoms with E-state index in [9.17, 15) is 19.2 Å². The minimum atomic E-state index is -0.672. The summed E-state index contributed by atoms with van der Waals surface area (Å²) in [4.78, 5) is 47.7. The second-order valence-electron chi connectivity index (χ2n) is 11.5. The van der Waals surface area contributed by atoms with Gasteiger partial charge in [-0.2, -0.15) is 0 Å². The van der Waals surface area contributed by atoms with Crippen molar-refractivity contribution in [2.45, 2.75) is 52.7 Å². The summed E-state index contributed by atoms with van der Waals surface area (Å²) in [6.45, 7) is 9.96. The number of amides is 4. The summed E-state index contributed by atoms with van der Waals surface area (Å²) in [5.41, 5.74) is -0.243. The van der Waals surface area contributed by atoms with Crippen molar-refractivity contribution in [3.63, 3.8) is 0 Å². The molecule has 44 heavy (non-hydrogen) atoms. The van der Waals surface area contributed by atoms with Crippen molar-refractivity contribution >= 4 is 35.4 Å². The first-order valence-electron chi connectivity index (χ1n) is 13.8. The summed E-state index contributed by atoms with van der Waals surface area (Å²) in [6, 6.07) is 20.5. The molecule has 0 spiro atoms. The molecule has 12 heteroatoms. The predicted molar refractivity (Wildman–Crippen MR) is 165 cm³/mol. The van der Waals surface area contributed by atoms with Gasteiger partial charge in [-0.1, -0.05) is 6.07 Å². The normalized spacial score (nSPS) is 11.0. The van der Waals surface area contributed by atoms with Gasteiger partial charge in [-0.15, -0.1) is 0 Å². The third-order valence-corrected chi connectivity index (χ3v) is 5.14. The van der Waals surface area contributed by atoms with Crippen molar-refractivity contribution in [2.75, 3.05) is 23.7 Å². The monoisotopic (exact) mass is 606 g/mol. The Morgan fingerprint density at radius 2 is 0.909 bits per heavy atom. The van der Waals surface area contributed by atoms with Crippen LogP contribution in [-0.4, -0.2) is 48.3 Å². The maximum atomic E-state index is 12.1. The second-order valence-corrected chi connectivity index (χ2v) is 11.5.